The number of ether oxygens (including phenoxy) is 1. The molecule has 3 aromatic rings. The lowest BCUT2D eigenvalue weighted by molar-refractivity contribution is 0.301. The van der Waals surface area contributed by atoms with E-state index < -0.39 is 0 Å². The first-order chi connectivity index (χ1) is 10.0. The molecule has 0 spiro atoms. The topological polar surface area (TPSA) is 43.6 Å². The van der Waals surface area contributed by atoms with Gasteiger partial charge in [0.05, 0.1) is 15.7 Å². The predicted molar refractivity (Wildman–Crippen MR) is 84.9 cm³/mol. The van der Waals surface area contributed by atoms with Crippen LogP contribution < -0.4 is 10.3 Å². The van der Waals surface area contributed by atoms with Gasteiger partial charge in [-0.1, -0.05) is 23.2 Å². The summed E-state index contributed by atoms with van der Waals surface area (Å²) < 4.78 is 7.17. The van der Waals surface area contributed by atoms with Gasteiger partial charge in [-0.2, -0.15) is 0 Å². The summed E-state index contributed by atoms with van der Waals surface area (Å²) in [6.45, 7) is 2.07. The number of benzene rings is 1. The minimum absolute atomic E-state index is 0.105. The fourth-order valence-corrected chi connectivity index (χ4v) is 3.08. The van der Waals surface area contributed by atoms with Gasteiger partial charge in [0.25, 0.3) is 5.56 Å². The fraction of sp³-hybridized carbons (Fsp3) is 0.143. The molecule has 7 heteroatoms. The summed E-state index contributed by atoms with van der Waals surface area (Å²) in [7, 11) is 0. The minimum Gasteiger partial charge on any atom is -0.487 e. The second-order valence-electron chi connectivity index (χ2n) is 4.45. The van der Waals surface area contributed by atoms with E-state index in [1.807, 2.05) is 12.3 Å². The number of rotatable bonds is 3. The summed E-state index contributed by atoms with van der Waals surface area (Å²) in [6.07, 6.45) is 0. The molecule has 108 valence electrons. The van der Waals surface area contributed by atoms with Crippen LogP contribution in [0.5, 0.6) is 5.75 Å². The van der Waals surface area contributed by atoms with E-state index >= 15 is 0 Å². The van der Waals surface area contributed by atoms with Crippen LogP contribution in [-0.2, 0) is 6.61 Å². The smallest absolute Gasteiger partial charge is 0.259 e. The van der Waals surface area contributed by atoms with Crippen molar-refractivity contribution in [2.24, 2.45) is 0 Å². The maximum absolute atomic E-state index is 12.0. The van der Waals surface area contributed by atoms with Crippen molar-refractivity contribution in [2.75, 3.05) is 0 Å². The second-order valence-corrected chi connectivity index (χ2v) is 6.10. The van der Waals surface area contributed by atoms with E-state index in [-0.39, 0.29) is 12.2 Å². The number of hydrogen-bond acceptors (Lipinski definition) is 4. The lowest BCUT2D eigenvalue weighted by Gasteiger charge is -2.07. The Balaban J connectivity index is 1.85. The van der Waals surface area contributed by atoms with Crippen LogP contribution in [0, 0.1) is 6.92 Å². The van der Waals surface area contributed by atoms with Crippen molar-refractivity contribution in [1.82, 2.24) is 9.38 Å². The van der Waals surface area contributed by atoms with Gasteiger partial charge >= 0.3 is 0 Å². The van der Waals surface area contributed by atoms with Crippen LogP contribution in [-0.4, -0.2) is 9.38 Å². The Kier molecular flexibility index (Phi) is 3.89. The van der Waals surface area contributed by atoms with E-state index in [0.29, 0.717) is 26.4 Å². The summed E-state index contributed by atoms with van der Waals surface area (Å²) in [6, 6.07) is 6.48. The molecule has 0 amide bonds. The van der Waals surface area contributed by atoms with Crippen molar-refractivity contribution in [2.45, 2.75) is 13.5 Å². The summed E-state index contributed by atoms with van der Waals surface area (Å²) in [4.78, 5) is 17.1. The minimum atomic E-state index is -0.105. The third-order valence-corrected chi connectivity index (χ3v) is 4.59. The number of aryl methyl sites for hydroxylation is 1. The second kappa shape index (κ2) is 5.67. The molecule has 0 aliphatic heterocycles. The Labute approximate surface area is 134 Å². The van der Waals surface area contributed by atoms with Gasteiger partial charge in [-0.3, -0.25) is 9.20 Å². The molecule has 0 saturated carbocycles. The van der Waals surface area contributed by atoms with Crippen LogP contribution in [0.25, 0.3) is 4.96 Å². The zero-order chi connectivity index (χ0) is 15.0. The average Bonchev–Trinajstić information content (AvgIpc) is 2.82. The molecule has 0 aliphatic rings. The van der Waals surface area contributed by atoms with Crippen LogP contribution in [0.3, 0.4) is 0 Å². The lowest BCUT2D eigenvalue weighted by Crippen LogP contribution is -2.15. The van der Waals surface area contributed by atoms with Gasteiger partial charge in [-0.15, -0.1) is 11.3 Å². The van der Waals surface area contributed by atoms with Gasteiger partial charge in [-0.25, -0.2) is 4.98 Å². The third-order valence-electron chi connectivity index (χ3n) is 2.91. The van der Waals surface area contributed by atoms with E-state index in [1.165, 1.54) is 17.4 Å². The van der Waals surface area contributed by atoms with E-state index in [1.54, 1.807) is 22.6 Å². The van der Waals surface area contributed by atoms with Gasteiger partial charge < -0.3 is 4.74 Å². The molecule has 0 fully saturated rings. The first-order valence-corrected chi connectivity index (χ1v) is 7.73. The van der Waals surface area contributed by atoms with Crippen molar-refractivity contribution in [3.8, 4) is 5.75 Å². The van der Waals surface area contributed by atoms with Crippen LogP contribution in [0.4, 0.5) is 0 Å². The third kappa shape index (κ3) is 2.90. The molecule has 0 radical (unpaired) electrons. The molecule has 21 heavy (non-hydrogen) atoms. The SMILES string of the molecule is Cc1csc2nc(COc3ccc(Cl)c(Cl)c3)cc(=O)n12. The number of fused-ring (bicyclic) bond motifs is 1. The number of aromatic nitrogens is 2. The molecule has 4 nitrogen and oxygen atoms in total. The van der Waals surface area contributed by atoms with E-state index in [0.717, 1.165) is 5.69 Å². The van der Waals surface area contributed by atoms with Gasteiger partial charge in [0, 0.05) is 23.2 Å². The largest absolute Gasteiger partial charge is 0.487 e. The van der Waals surface area contributed by atoms with Crippen molar-refractivity contribution >= 4 is 39.5 Å². The van der Waals surface area contributed by atoms with Gasteiger partial charge in [0.1, 0.15) is 12.4 Å². The molecule has 2 aromatic heterocycles. The van der Waals surface area contributed by atoms with Gasteiger partial charge in [0.2, 0.25) is 0 Å². The molecular formula is C14H10Cl2N2O2S. The highest BCUT2D eigenvalue weighted by Crippen LogP contribution is 2.26. The van der Waals surface area contributed by atoms with E-state index in [4.69, 9.17) is 27.9 Å². The first kappa shape index (κ1) is 14.4. The quantitative estimate of drug-likeness (QED) is 0.725. The summed E-state index contributed by atoms with van der Waals surface area (Å²) in [5.41, 5.74) is 1.35. The van der Waals surface area contributed by atoms with Crippen molar-refractivity contribution in [3.05, 3.63) is 61.4 Å². The molecule has 1 aromatic carbocycles. The van der Waals surface area contributed by atoms with E-state index in [9.17, 15) is 4.79 Å². The predicted octanol–water partition coefficient (Wildman–Crippen LogP) is 3.95. The monoisotopic (exact) mass is 340 g/mol. The summed E-state index contributed by atoms with van der Waals surface area (Å²) >= 11 is 13.2. The molecule has 0 N–H and O–H groups in total. The van der Waals surface area contributed by atoms with Crippen LogP contribution in [0.2, 0.25) is 10.0 Å². The molecule has 0 aliphatic carbocycles. The maximum Gasteiger partial charge on any atom is 0.259 e. The lowest BCUT2D eigenvalue weighted by atomic mass is 10.3. The molecule has 3 rings (SSSR count). The Hall–Kier alpha value is -1.56. The summed E-state index contributed by atoms with van der Waals surface area (Å²) in [5, 5.41) is 2.79. The molecular weight excluding hydrogens is 331 g/mol. The molecule has 0 saturated heterocycles. The number of halogens is 2. The average molecular weight is 341 g/mol. The number of thiazole rings is 1. The molecule has 0 unspecified atom stereocenters. The molecule has 2 heterocycles. The van der Waals surface area contributed by atoms with Crippen LogP contribution in [0.15, 0.2) is 34.4 Å². The van der Waals surface area contributed by atoms with Gasteiger partial charge in [-0.05, 0) is 19.1 Å². The van der Waals surface area contributed by atoms with Gasteiger partial charge in [0.15, 0.2) is 4.96 Å². The van der Waals surface area contributed by atoms with Crippen molar-refractivity contribution in [3.63, 3.8) is 0 Å². The fourth-order valence-electron chi connectivity index (χ4n) is 1.90. The highest BCUT2D eigenvalue weighted by molar-refractivity contribution is 7.15. The highest BCUT2D eigenvalue weighted by Gasteiger charge is 2.07. The summed E-state index contributed by atoms with van der Waals surface area (Å²) in [5.74, 6) is 0.578. The first-order valence-electron chi connectivity index (χ1n) is 6.09. The standard InChI is InChI=1S/C14H10Cl2N2O2S/c1-8-7-21-14-17-9(4-13(19)18(8)14)6-20-10-2-3-11(15)12(16)5-10/h2-5,7H,6H2,1H3. The van der Waals surface area contributed by atoms with Crippen LogP contribution in [0.1, 0.15) is 11.4 Å². The van der Waals surface area contributed by atoms with Crippen LogP contribution >= 0.6 is 34.5 Å². The Morgan fingerprint density at radius 3 is 2.86 bits per heavy atom. The van der Waals surface area contributed by atoms with Crippen molar-refractivity contribution in [1.29, 1.82) is 0 Å². The zero-order valence-corrected chi connectivity index (χ0v) is 13.3. The number of nitrogens with zero attached hydrogens (tertiary/aromatic N) is 2. The maximum atomic E-state index is 12.0. The Bertz CT molecular complexity index is 873. The Morgan fingerprint density at radius 2 is 2.10 bits per heavy atom. The zero-order valence-electron chi connectivity index (χ0n) is 11.0. The molecule has 0 atom stereocenters. The molecule has 0 bridgehead atoms. The normalized spacial score (nSPS) is 11.0. The number of hydrogen-bond donors (Lipinski definition) is 0. The van der Waals surface area contributed by atoms with Crippen molar-refractivity contribution < 1.29 is 4.74 Å². The van der Waals surface area contributed by atoms with E-state index in [2.05, 4.69) is 4.98 Å². The Morgan fingerprint density at radius 1 is 1.29 bits per heavy atom. The highest BCUT2D eigenvalue weighted by atomic mass is 35.5.